The predicted molar refractivity (Wildman–Crippen MR) is 148 cm³/mol. The molecule has 0 spiro atoms. The fourth-order valence-electron chi connectivity index (χ4n) is 4.97. The Morgan fingerprint density at radius 2 is 1.69 bits per heavy atom. The Balaban J connectivity index is 1.21. The molecule has 0 aliphatic carbocycles. The molecule has 1 atom stereocenters. The van der Waals surface area contributed by atoms with Crippen LogP contribution in [0.15, 0.2) is 45.5 Å². The fourth-order valence-corrected chi connectivity index (χ4v) is 4.97. The molecule has 39 heavy (non-hydrogen) atoms. The maximum Gasteiger partial charge on any atom is 0.410 e. The number of nitrogens with one attached hydrogen (secondary N) is 3. The van der Waals surface area contributed by atoms with Crippen LogP contribution in [0.4, 0.5) is 4.79 Å². The summed E-state index contributed by atoms with van der Waals surface area (Å²) in [4.78, 5) is 30.0. The second-order valence-electron chi connectivity index (χ2n) is 11.1. The van der Waals surface area contributed by atoms with Crippen molar-refractivity contribution in [2.24, 2.45) is 0 Å². The van der Waals surface area contributed by atoms with Crippen LogP contribution >= 0.6 is 0 Å². The Morgan fingerprint density at radius 1 is 1.03 bits per heavy atom. The van der Waals surface area contributed by atoms with Gasteiger partial charge in [0.2, 0.25) is 0 Å². The van der Waals surface area contributed by atoms with E-state index in [1.165, 1.54) is 0 Å². The van der Waals surface area contributed by atoms with E-state index in [0.29, 0.717) is 24.7 Å². The number of aromatic amines is 2. The van der Waals surface area contributed by atoms with Gasteiger partial charge >= 0.3 is 6.09 Å². The van der Waals surface area contributed by atoms with Gasteiger partial charge in [-0.25, -0.2) is 14.8 Å². The number of fused-ring (bicyclic) bond motifs is 2. The lowest BCUT2D eigenvalue weighted by Crippen LogP contribution is -2.37. The highest BCUT2D eigenvalue weighted by Gasteiger charge is 2.23. The summed E-state index contributed by atoms with van der Waals surface area (Å²) in [6, 6.07) is 8.22. The van der Waals surface area contributed by atoms with Crippen LogP contribution in [0.5, 0.6) is 0 Å². The summed E-state index contributed by atoms with van der Waals surface area (Å²) in [6.07, 6.45) is 6.27. The number of amides is 1. The second-order valence-corrected chi connectivity index (χ2v) is 11.1. The van der Waals surface area contributed by atoms with Crippen LogP contribution in [0.2, 0.25) is 0 Å². The lowest BCUT2D eigenvalue weighted by Gasteiger charge is -2.26. The minimum atomic E-state index is -0.556. The first-order valence-corrected chi connectivity index (χ1v) is 13.5. The maximum atomic E-state index is 12.6. The molecule has 4 aromatic heterocycles. The summed E-state index contributed by atoms with van der Waals surface area (Å²) in [6.45, 7) is 9.54. The Labute approximate surface area is 226 Å². The second kappa shape index (κ2) is 9.92. The smallest absolute Gasteiger partial charge is 0.410 e. The molecule has 1 aliphatic heterocycles. The molecule has 10 heteroatoms. The minimum Gasteiger partial charge on any atom is -0.454 e. The number of H-pyrrole nitrogens is 2. The molecule has 204 valence electrons. The zero-order chi connectivity index (χ0) is 27.1. The highest BCUT2D eigenvalue weighted by Crippen LogP contribution is 2.34. The topological polar surface area (TPSA) is 125 Å². The van der Waals surface area contributed by atoms with E-state index in [0.717, 1.165) is 70.7 Å². The van der Waals surface area contributed by atoms with Crippen LogP contribution in [-0.4, -0.2) is 49.6 Å². The Kier molecular flexibility index (Phi) is 6.42. The number of ether oxygens (including phenoxy) is 1. The van der Waals surface area contributed by atoms with Gasteiger partial charge in [0.1, 0.15) is 39.8 Å². The number of benzene rings is 1. The molecule has 3 N–H and O–H groups in total. The number of hydrogen-bond donors (Lipinski definition) is 3. The van der Waals surface area contributed by atoms with E-state index in [9.17, 15) is 4.79 Å². The van der Waals surface area contributed by atoms with Crippen LogP contribution in [0.3, 0.4) is 0 Å². The quantitative estimate of drug-likeness (QED) is 0.218. The Morgan fingerprint density at radius 3 is 2.31 bits per heavy atom. The van der Waals surface area contributed by atoms with E-state index in [1.54, 1.807) is 11.1 Å². The molecular formula is C29H34N6O4. The van der Waals surface area contributed by atoms with Crippen molar-refractivity contribution in [2.45, 2.75) is 65.1 Å². The number of carbonyl (C=O) groups excluding carboxylic acids is 1. The summed E-state index contributed by atoms with van der Waals surface area (Å²) >= 11 is 0. The standard InChI is InChI=1S/C29H34N6O4/c1-5-9-35(28(36)39-29(2,3)4)16-26-31-14-20(33-26)24-12-17-10-23-18(11-22(17)37-24)13-25(38-23)21-15-32-27(34-21)19-7-6-8-30-19/h10-15,19,30H,5-9,16H2,1-4H3,(H,31,33)(H,32,34)/t19-/m0/s1. The van der Waals surface area contributed by atoms with Gasteiger partial charge in [-0.15, -0.1) is 0 Å². The summed E-state index contributed by atoms with van der Waals surface area (Å²) in [5.41, 5.74) is 2.57. The van der Waals surface area contributed by atoms with Gasteiger partial charge in [0, 0.05) is 17.3 Å². The molecule has 1 amide bonds. The largest absolute Gasteiger partial charge is 0.454 e. The van der Waals surface area contributed by atoms with Crippen LogP contribution in [0, 0.1) is 0 Å². The summed E-state index contributed by atoms with van der Waals surface area (Å²) in [5.74, 6) is 3.02. The lowest BCUT2D eigenvalue weighted by atomic mass is 10.2. The van der Waals surface area contributed by atoms with Gasteiger partial charge in [0.05, 0.1) is 25.0 Å². The van der Waals surface area contributed by atoms with E-state index in [2.05, 4.69) is 25.3 Å². The third-order valence-electron chi connectivity index (χ3n) is 6.79. The van der Waals surface area contributed by atoms with Gasteiger partial charge in [-0.1, -0.05) is 6.92 Å². The summed E-state index contributed by atoms with van der Waals surface area (Å²) in [5, 5.41) is 5.34. The first-order valence-electron chi connectivity index (χ1n) is 13.5. The van der Waals surface area contributed by atoms with Gasteiger partial charge in [-0.3, -0.25) is 0 Å². The van der Waals surface area contributed by atoms with E-state index in [4.69, 9.17) is 13.6 Å². The molecule has 0 saturated carbocycles. The van der Waals surface area contributed by atoms with Gasteiger partial charge < -0.3 is 33.8 Å². The molecule has 1 fully saturated rings. The highest BCUT2D eigenvalue weighted by atomic mass is 16.6. The zero-order valence-electron chi connectivity index (χ0n) is 22.8. The molecule has 1 aliphatic rings. The van der Waals surface area contributed by atoms with E-state index < -0.39 is 5.60 Å². The zero-order valence-corrected chi connectivity index (χ0v) is 22.8. The van der Waals surface area contributed by atoms with Gasteiger partial charge in [-0.2, -0.15) is 0 Å². The van der Waals surface area contributed by atoms with Crippen molar-refractivity contribution < 1.29 is 18.4 Å². The number of imidazole rings is 2. The molecule has 0 radical (unpaired) electrons. The normalized spacial score (nSPS) is 15.9. The van der Waals surface area contributed by atoms with E-state index >= 15 is 0 Å². The fraction of sp³-hybridized carbons (Fsp3) is 0.414. The molecular weight excluding hydrogens is 496 g/mol. The molecule has 0 unspecified atom stereocenters. The van der Waals surface area contributed by atoms with Crippen molar-refractivity contribution in [1.82, 2.24) is 30.2 Å². The number of rotatable bonds is 7. The summed E-state index contributed by atoms with van der Waals surface area (Å²) < 4.78 is 17.9. The molecule has 6 rings (SSSR count). The number of hydrogen-bond acceptors (Lipinski definition) is 7. The average molecular weight is 531 g/mol. The monoisotopic (exact) mass is 530 g/mol. The van der Waals surface area contributed by atoms with Crippen molar-refractivity contribution in [2.75, 3.05) is 13.1 Å². The highest BCUT2D eigenvalue weighted by molar-refractivity contribution is 5.96. The van der Waals surface area contributed by atoms with Crippen LogP contribution in [0.25, 0.3) is 44.8 Å². The van der Waals surface area contributed by atoms with Gasteiger partial charge in [0.15, 0.2) is 11.5 Å². The molecule has 10 nitrogen and oxygen atoms in total. The first kappa shape index (κ1) is 25.2. The number of carbonyl (C=O) groups is 1. The number of nitrogens with zero attached hydrogens (tertiary/aromatic N) is 3. The minimum absolute atomic E-state index is 0.277. The number of furan rings is 2. The lowest BCUT2D eigenvalue weighted by molar-refractivity contribution is 0.0229. The first-order chi connectivity index (χ1) is 18.8. The Bertz CT molecular complexity index is 1560. The molecule has 5 aromatic rings. The Hall–Kier alpha value is -4.05. The van der Waals surface area contributed by atoms with E-state index in [1.807, 2.05) is 58.2 Å². The average Bonchev–Trinajstić information content (AvgIpc) is 3.68. The maximum absolute atomic E-state index is 12.6. The van der Waals surface area contributed by atoms with Gasteiger partial charge in [-0.05, 0) is 70.8 Å². The third kappa shape index (κ3) is 5.29. The van der Waals surface area contributed by atoms with Gasteiger partial charge in [0.25, 0.3) is 0 Å². The van der Waals surface area contributed by atoms with Crippen molar-refractivity contribution in [3.63, 3.8) is 0 Å². The van der Waals surface area contributed by atoms with Crippen molar-refractivity contribution >= 4 is 28.0 Å². The molecule has 0 bridgehead atoms. The third-order valence-corrected chi connectivity index (χ3v) is 6.79. The summed E-state index contributed by atoms with van der Waals surface area (Å²) in [7, 11) is 0. The molecule has 1 aromatic carbocycles. The van der Waals surface area contributed by atoms with Crippen molar-refractivity contribution in [3.8, 4) is 22.9 Å². The van der Waals surface area contributed by atoms with E-state index in [-0.39, 0.29) is 12.1 Å². The molecule has 5 heterocycles. The number of aromatic nitrogens is 4. The predicted octanol–water partition coefficient (Wildman–Crippen LogP) is 6.53. The van der Waals surface area contributed by atoms with Crippen LogP contribution in [-0.2, 0) is 11.3 Å². The van der Waals surface area contributed by atoms with Crippen LogP contribution < -0.4 is 5.32 Å². The molecule has 1 saturated heterocycles. The van der Waals surface area contributed by atoms with Crippen LogP contribution in [0.1, 0.15) is 64.6 Å². The van der Waals surface area contributed by atoms with Crippen molar-refractivity contribution in [1.29, 1.82) is 0 Å². The van der Waals surface area contributed by atoms with Crippen molar-refractivity contribution in [3.05, 3.63) is 48.3 Å². The SMILES string of the molecule is CCCN(Cc1ncc(-c2cc3cc4oc(-c5cnc([C@@H]6CCCN6)[nH]5)cc4cc3o2)[nH]1)C(=O)OC(C)(C)C.